The summed E-state index contributed by atoms with van der Waals surface area (Å²) in [5.41, 5.74) is 1.28. The van der Waals surface area contributed by atoms with Gasteiger partial charge in [0.25, 0.3) is 0 Å². The highest BCUT2D eigenvalue weighted by atomic mass is 79.9. The number of hydrogen-bond acceptors (Lipinski definition) is 3. The van der Waals surface area contributed by atoms with Gasteiger partial charge in [0.05, 0.1) is 5.56 Å². The third-order valence-electron chi connectivity index (χ3n) is 2.74. The number of ketones is 2. The van der Waals surface area contributed by atoms with Crippen molar-refractivity contribution in [3.63, 3.8) is 0 Å². The Labute approximate surface area is 125 Å². The molecular weight excluding hydrogens is 320 g/mol. The monoisotopic (exact) mass is 332 g/mol. The van der Waals surface area contributed by atoms with Crippen LogP contribution in [0.25, 0.3) is 0 Å². The van der Waals surface area contributed by atoms with E-state index in [1.165, 1.54) is 6.92 Å². The number of carbonyl (C=O) groups excluding carboxylic acids is 2. The topological polar surface area (TPSA) is 43.4 Å². The van der Waals surface area contributed by atoms with Crippen LogP contribution in [0.15, 0.2) is 53.0 Å². The molecule has 0 amide bonds. The molecule has 3 nitrogen and oxygen atoms in total. The number of ether oxygens (including phenoxy) is 1. The quantitative estimate of drug-likeness (QED) is 0.617. The van der Waals surface area contributed by atoms with Crippen molar-refractivity contribution in [1.82, 2.24) is 0 Å². The molecule has 0 unspecified atom stereocenters. The van der Waals surface area contributed by atoms with Crippen molar-refractivity contribution in [2.45, 2.75) is 13.5 Å². The van der Waals surface area contributed by atoms with Crippen LogP contribution < -0.4 is 4.74 Å². The molecule has 0 aliphatic heterocycles. The van der Waals surface area contributed by atoms with E-state index in [2.05, 4.69) is 15.9 Å². The Hall–Kier alpha value is -1.94. The Morgan fingerprint density at radius 2 is 1.80 bits per heavy atom. The SMILES string of the molecule is CC(=O)C(=O)c1cc(Br)ccc1OCc1ccccc1. The number of rotatable bonds is 5. The Morgan fingerprint density at radius 3 is 2.45 bits per heavy atom. The lowest BCUT2D eigenvalue weighted by molar-refractivity contribution is -0.113. The normalized spacial score (nSPS) is 10.1. The van der Waals surface area contributed by atoms with Crippen LogP contribution in [0.1, 0.15) is 22.8 Å². The average molecular weight is 333 g/mol. The lowest BCUT2D eigenvalue weighted by atomic mass is 10.1. The van der Waals surface area contributed by atoms with Crippen LogP contribution in [0.4, 0.5) is 0 Å². The number of Topliss-reactive ketones (excluding diaryl/α,β-unsaturated/α-hetero) is 2. The highest BCUT2D eigenvalue weighted by molar-refractivity contribution is 9.10. The highest BCUT2D eigenvalue weighted by Gasteiger charge is 2.17. The summed E-state index contributed by atoms with van der Waals surface area (Å²) in [6, 6.07) is 14.7. The second-order valence-electron chi connectivity index (χ2n) is 4.30. The van der Waals surface area contributed by atoms with Crippen LogP contribution in [0.2, 0.25) is 0 Å². The second kappa shape index (κ2) is 6.48. The maximum absolute atomic E-state index is 11.9. The van der Waals surface area contributed by atoms with Crippen molar-refractivity contribution in [1.29, 1.82) is 0 Å². The number of carbonyl (C=O) groups is 2. The molecule has 0 heterocycles. The molecule has 0 saturated carbocycles. The summed E-state index contributed by atoms with van der Waals surface area (Å²) in [6.45, 7) is 1.60. The molecule has 0 atom stereocenters. The molecule has 0 aliphatic rings. The first kappa shape index (κ1) is 14.5. The van der Waals surface area contributed by atoms with Gasteiger partial charge in [-0.25, -0.2) is 0 Å². The predicted octanol–water partition coefficient (Wildman–Crippen LogP) is 3.80. The fourth-order valence-electron chi connectivity index (χ4n) is 1.73. The van der Waals surface area contributed by atoms with E-state index in [0.29, 0.717) is 12.4 Å². The van der Waals surface area contributed by atoms with Crippen LogP contribution in [0.5, 0.6) is 5.75 Å². The molecule has 0 spiro atoms. The van der Waals surface area contributed by atoms with E-state index in [1.807, 2.05) is 30.3 Å². The van der Waals surface area contributed by atoms with Crippen LogP contribution >= 0.6 is 15.9 Å². The Bertz CT molecular complexity index is 635. The summed E-state index contributed by atoms with van der Waals surface area (Å²) in [6.07, 6.45) is 0. The zero-order valence-corrected chi connectivity index (χ0v) is 12.5. The van der Waals surface area contributed by atoms with Crippen LogP contribution in [0.3, 0.4) is 0 Å². The van der Waals surface area contributed by atoms with Gasteiger partial charge in [-0.1, -0.05) is 46.3 Å². The molecule has 0 fully saturated rings. The lowest BCUT2D eigenvalue weighted by Gasteiger charge is -2.10. The molecule has 0 radical (unpaired) electrons. The number of benzene rings is 2. The van der Waals surface area contributed by atoms with E-state index in [0.717, 1.165) is 10.0 Å². The highest BCUT2D eigenvalue weighted by Crippen LogP contribution is 2.25. The summed E-state index contributed by atoms with van der Waals surface area (Å²) in [4.78, 5) is 23.1. The van der Waals surface area contributed by atoms with E-state index in [1.54, 1.807) is 18.2 Å². The molecule has 2 aromatic rings. The van der Waals surface area contributed by atoms with Gasteiger partial charge in [0.2, 0.25) is 5.78 Å². The van der Waals surface area contributed by atoms with E-state index in [4.69, 9.17) is 4.74 Å². The summed E-state index contributed by atoms with van der Waals surface area (Å²) in [5, 5.41) is 0. The van der Waals surface area contributed by atoms with Gasteiger partial charge in [0.15, 0.2) is 5.78 Å². The standard InChI is InChI=1S/C16H13BrO3/c1-11(18)16(19)14-9-13(17)7-8-15(14)20-10-12-5-3-2-4-6-12/h2-9H,10H2,1H3. The van der Waals surface area contributed by atoms with Gasteiger partial charge < -0.3 is 4.74 Å². The van der Waals surface area contributed by atoms with Crippen molar-refractivity contribution in [2.24, 2.45) is 0 Å². The van der Waals surface area contributed by atoms with Crippen molar-refractivity contribution in [3.8, 4) is 5.75 Å². The minimum Gasteiger partial charge on any atom is -0.488 e. The van der Waals surface area contributed by atoms with Gasteiger partial charge in [-0.3, -0.25) is 9.59 Å². The van der Waals surface area contributed by atoms with Gasteiger partial charge in [-0.05, 0) is 23.8 Å². The molecule has 2 rings (SSSR count). The molecule has 0 bridgehead atoms. The summed E-state index contributed by atoms with van der Waals surface area (Å²) >= 11 is 3.29. The zero-order valence-electron chi connectivity index (χ0n) is 10.9. The summed E-state index contributed by atoms with van der Waals surface area (Å²) < 4.78 is 6.39. The van der Waals surface area contributed by atoms with Crippen molar-refractivity contribution in [3.05, 3.63) is 64.1 Å². The number of halogens is 1. The van der Waals surface area contributed by atoms with E-state index in [-0.39, 0.29) is 5.56 Å². The van der Waals surface area contributed by atoms with E-state index >= 15 is 0 Å². The molecule has 20 heavy (non-hydrogen) atoms. The van der Waals surface area contributed by atoms with Crippen molar-refractivity contribution in [2.75, 3.05) is 0 Å². The molecule has 4 heteroatoms. The molecule has 0 saturated heterocycles. The fourth-order valence-corrected chi connectivity index (χ4v) is 2.09. The first-order valence-electron chi connectivity index (χ1n) is 6.09. The smallest absolute Gasteiger partial charge is 0.232 e. The maximum Gasteiger partial charge on any atom is 0.232 e. The second-order valence-corrected chi connectivity index (χ2v) is 5.22. The predicted molar refractivity (Wildman–Crippen MR) is 79.9 cm³/mol. The lowest BCUT2D eigenvalue weighted by Crippen LogP contribution is -2.12. The van der Waals surface area contributed by atoms with E-state index < -0.39 is 11.6 Å². The molecule has 0 aromatic heterocycles. The molecule has 102 valence electrons. The Kier molecular flexibility index (Phi) is 4.69. The molecular formula is C16H13BrO3. The molecule has 2 aromatic carbocycles. The van der Waals surface area contributed by atoms with Gasteiger partial charge in [0.1, 0.15) is 12.4 Å². The first-order valence-corrected chi connectivity index (χ1v) is 6.89. The van der Waals surface area contributed by atoms with Gasteiger partial charge in [0, 0.05) is 11.4 Å². The third-order valence-corrected chi connectivity index (χ3v) is 3.24. The first-order chi connectivity index (χ1) is 9.58. The maximum atomic E-state index is 11.9. The molecule has 0 aliphatic carbocycles. The van der Waals surface area contributed by atoms with Crippen LogP contribution in [-0.2, 0) is 11.4 Å². The van der Waals surface area contributed by atoms with Crippen LogP contribution in [-0.4, -0.2) is 11.6 Å². The minimum absolute atomic E-state index is 0.280. The number of hydrogen-bond donors (Lipinski definition) is 0. The Morgan fingerprint density at radius 1 is 1.10 bits per heavy atom. The van der Waals surface area contributed by atoms with Crippen LogP contribution in [0, 0.1) is 0 Å². The van der Waals surface area contributed by atoms with Crippen molar-refractivity contribution < 1.29 is 14.3 Å². The summed E-state index contributed by atoms with van der Waals surface area (Å²) in [5.74, 6) is -0.640. The fraction of sp³-hybridized carbons (Fsp3) is 0.125. The van der Waals surface area contributed by atoms with Gasteiger partial charge >= 0.3 is 0 Å². The van der Waals surface area contributed by atoms with E-state index in [9.17, 15) is 9.59 Å². The average Bonchev–Trinajstić information content (AvgIpc) is 2.46. The summed E-state index contributed by atoms with van der Waals surface area (Å²) in [7, 11) is 0. The Balaban J connectivity index is 2.23. The third kappa shape index (κ3) is 3.54. The van der Waals surface area contributed by atoms with Gasteiger partial charge in [-0.15, -0.1) is 0 Å². The zero-order chi connectivity index (χ0) is 14.5. The van der Waals surface area contributed by atoms with Gasteiger partial charge in [-0.2, -0.15) is 0 Å². The molecule has 0 N–H and O–H groups in total. The van der Waals surface area contributed by atoms with Crippen molar-refractivity contribution >= 4 is 27.5 Å². The minimum atomic E-state index is -0.547. The largest absolute Gasteiger partial charge is 0.488 e.